The number of hydrogen-bond acceptors (Lipinski definition) is 4. The molecule has 0 radical (unpaired) electrons. The van der Waals surface area contributed by atoms with Gasteiger partial charge in [0.1, 0.15) is 6.61 Å². The number of carbonyl (C=O) groups is 2. The van der Waals surface area contributed by atoms with E-state index >= 15 is 0 Å². The summed E-state index contributed by atoms with van der Waals surface area (Å²) in [5, 5.41) is 19.7. The van der Waals surface area contributed by atoms with Gasteiger partial charge in [0.2, 0.25) is 0 Å². The van der Waals surface area contributed by atoms with Gasteiger partial charge < -0.3 is 10.2 Å². The Labute approximate surface area is 149 Å². The molecule has 2 fully saturated rings. The van der Waals surface area contributed by atoms with E-state index in [0.717, 1.165) is 37.7 Å². The molecule has 4 aliphatic rings. The number of rotatable bonds is 3. The van der Waals surface area contributed by atoms with E-state index in [1.54, 1.807) is 6.08 Å². The fourth-order valence-corrected chi connectivity index (χ4v) is 6.74. The first-order valence-corrected chi connectivity index (χ1v) is 9.64. The third-order valence-corrected chi connectivity index (χ3v) is 8.08. The third kappa shape index (κ3) is 2.26. The maximum Gasteiger partial charge on any atom is 0.161 e. The number of fused-ring (bicyclic) bond motifs is 5. The summed E-state index contributed by atoms with van der Waals surface area (Å²) >= 11 is 0. The largest absolute Gasteiger partial charge is 0.395 e. The minimum Gasteiger partial charge on any atom is -0.395 e. The predicted octanol–water partition coefficient (Wildman–Crippen LogP) is 2.44. The minimum atomic E-state index is -0.355. The van der Waals surface area contributed by atoms with Gasteiger partial charge in [0.05, 0.1) is 6.61 Å². The number of carbonyl (C=O) groups excluding carboxylic acids is 2. The van der Waals surface area contributed by atoms with Gasteiger partial charge in [-0.15, -0.1) is 0 Å². The van der Waals surface area contributed by atoms with Crippen molar-refractivity contribution in [3.63, 3.8) is 0 Å². The van der Waals surface area contributed by atoms with Crippen molar-refractivity contribution in [3.05, 3.63) is 23.8 Å². The molecule has 2 saturated carbocycles. The minimum absolute atomic E-state index is 0.0102. The highest BCUT2D eigenvalue weighted by Crippen LogP contribution is 2.65. The molecule has 0 aromatic carbocycles. The van der Waals surface area contributed by atoms with Crippen LogP contribution in [0.2, 0.25) is 0 Å². The molecule has 136 valence electrons. The quantitative estimate of drug-likeness (QED) is 0.825. The molecular weight excluding hydrogens is 316 g/mol. The van der Waals surface area contributed by atoms with Gasteiger partial charge in [-0.1, -0.05) is 19.1 Å². The van der Waals surface area contributed by atoms with Crippen LogP contribution in [0.15, 0.2) is 23.8 Å². The molecule has 2 N–H and O–H groups in total. The van der Waals surface area contributed by atoms with Gasteiger partial charge in [0, 0.05) is 17.8 Å². The average molecular weight is 344 g/mol. The lowest BCUT2D eigenvalue weighted by Crippen LogP contribution is -2.52. The summed E-state index contributed by atoms with van der Waals surface area (Å²) in [6.45, 7) is 1.97. The lowest BCUT2D eigenvalue weighted by molar-refractivity contribution is -0.132. The Balaban J connectivity index is 1.72. The summed E-state index contributed by atoms with van der Waals surface area (Å²) < 4.78 is 0. The van der Waals surface area contributed by atoms with Crippen LogP contribution in [0, 0.1) is 34.5 Å². The number of allylic oxidation sites excluding steroid dienone is 3. The molecule has 4 rings (SSSR count). The Morgan fingerprint density at radius 2 is 2.00 bits per heavy atom. The van der Waals surface area contributed by atoms with Crippen molar-refractivity contribution < 1.29 is 19.8 Å². The van der Waals surface area contributed by atoms with Gasteiger partial charge >= 0.3 is 0 Å². The molecule has 0 aliphatic heterocycles. The summed E-state index contributed by atoms with van der Waals surface area (Å²) in [5.41, 5.74) is 0.679. The smallest absolute Gasteiger partial charge is 0.161 e. The second kappa shape index (κ2) is 5.88. The van der Waals surface area contributed by atoms with E-state index in [1.165, 1.54) is 0 Å². The lowest BCUT2D eigenvalue weighted by Gasteiger charge is -2.56. The molecule has 4 heteroatoms. The van der Waals surface area contributed by atoms with E-state index in [-0.39, 0.29) is 41.5 Å². The molecule has 0 heterocycles. The second-order valence-corrected chi connectivity index (χ2v) is 8.83. The fourth-order valence-electron chi connectivity index (χ4n) is 6.74. The van der Waals surface area contributed by atoms with Crippen LogP contribution in [0.4, 0.5) is 0 Å². The van der Waals surface area contributed by atoms with E-state index in [4.69, 9.17) is 0 Å². The van der Waals surface area contributed by atoms with Crippen molar-refractivity contribution in [2.75, 3.05) is 13.2 Å². The van der Waals surface area contributed by atoms with E-state index in [0.29, 0.717) is 24.2 Å². The van der Waals surface area contributed by atoms with Gasteiger partial charge in [-0.2, -0.15) is 0 Å². The Morgan fingerprint density at radius 1 is 1.20 bits per heavy atom. The normalized spacial score (nSPS) is 45.4. The molecule has 6 atom stereocenters. The topological polar surface area (TPSA) is 74.6 Å². The third-order valence-electron chi connectivity index (χ3n) is 8.08. The van der Waals surface area contributed by atoms with E-state index in [9.17, 15) is 19.8 Å². The molecule has 0 bridgehead atoms. The van der Waals surface area contributed by atoms with Gasteiger partial charge in [0.15, 0.2) is 11.6 Å². The van der Waals surface area contributed by atoms with Crippen molar-refractivity contribution in [3.8, 4) is 0 Å². The number of aliphatic hydroxyl groups excluding tert-OH is 2. The Kier molecular flexibility index (Phi) is 4.04. The molecule has 0 saturated heterocycles. The van der Waals surface area contributed by atoms with Gasteiger partial charge in [0.25, 0.3) is 0 Å². The molecule has 0 unspecified atom stereocenters. The predicted molar refractivity (Wildman–Crippen MR) is 93.6 cm³/mol. The van der Waals surface area contributed by atoms with Gasteiger partial charge in [-0.25, -0.2) is 0 Å². The SMILES string of the molecule is C[C@]12CC[C@H]3[C@@H](C=CC4=CC(=O)CC[C@@]43CO)[C@@H]1CC[C@H]2C(=O)CO. The van der Waals surface area contributed by atoms with Gasteiger partial charge in [-0.05, 0) is 66.9 Å². The van der Waals surface area contributed by atoms with Crippen molar-refractivity contribution in [1.29, 1.82) is 0 Å². The van der Waals surface area contributed by atoms with Crippen molar-refractivity contribution in [2.45, 2.75) is 45.4 Å². The second-order valence-electron chi connectivity index (χ2n) is 8.83. The van der Waals surface area contributed by atoms with Crippen LogP contribution in [0.1, 0.15) is 45.4 Å². The van der Waals surface area contributed by atoms with Crippen LogP contribution in [0.25, 0.3) is 0 Å². The zero-order chi connectivity index (χ0) is 17.8. The summed E-state index contributed by atoms with van der Waals surface area (Å²) in [5.74, 6) is 1.24. The van der Waals surface area contributed by atoms with Crippen LogP contribution >= 0.6 is 0 Å². The number of hydrogen-bond donors (Lipinski definition) is 2. The van der Waals surface area contributed by atoms with Gasteiger partial charge in [-0.3, -0.25) is 9.59 Å². The number of aliphatic hydroxyl groups is 2. The molecule has 4 nitrogen and oxygen atoms in total. The molecule has 0 spiro atoms. The standard InChI is InChI=1S/C21H28O4/c1-20-8-7-17-15(16(20)4-5-18(20)19(25)11-22)3-2-13-10-14(24)6-9-21(13,17)12-23/h2-3,10,15-18,22-23H,4-9,11-12H2,1H3/t15-,16-,17-,18-,20-,21+/m0/s1. The Hall–Kier alpha value is -1.26. The van der Waals surface area contributed by atoms with E-state index in [2.05, 4.69) is 19.1 Å². The highest BCUT2D eigenvalue weighted by molar-refractivity contribution is 5.92. The van der Waals surface area contributed by atoms with Crippen molar-refractivity contribution >= 4 is 11.6 Å². The summed E-state index contributed by atoms with van der Waals surface area (Å²) in [6, 6.07) is 0. The van der Waals surface area contributed by atoms with Crippen LogP contribution in [-0.2, 0) is 9.59 Å². The first-order chi connectivity index (χ1) is 12.0. The maximum absolute atomic E-state index is 12.3. The first-order valence-electron chi connectivity index (χ1n) is 9.64. The first kappa shape index (κ1) is 17.2. The van der Waals surface area contributed by atoms with Crippen LogP contribution in [0.5, 0.6) is 0 Å². The molecular formula is C21H28O4. The van der Waals surface area contributed by atoms with Crippen molar-refractivity contribution in [1.82, 2.24) is 0 Å². The average Bonchev–Trinajstić information content (AvgIpc) is 2.98. The monoisotopic (exact) mass is 344 g/mol. The Bertz CT molecular complexity index is 663. The van der Waals surface area contributed by atoms with Crippen LogP contribution in [0.3, 0.4) is 0 Å². The molecule has 0 amide bonds. The maximum atomic E-state index is 12.3. The highest BCUT2D eigenvalue weighted by atomic mass is 16.3. The Morgan fingerprint density at radius 3 is 2.72 bits per heavy atom. The highest BCUT2D eigenvalue weighted by Gasteiger charge is 2.60. The summed E-state index contributed by atoms with van der Waals surface area (Å²) in [7, 11) is 0. The van der Waals surface area contributed by atoms with Crippen LogP contribution in [-0.4, -0.2) is 35.0 Å². The molecule has 4 aliphatic carbocycles. The molecule has 25 heavy (non-hydrogen) atoms. The number of Topliss-reactive ketones (excluding diaryl/α,β-unsaturated/α-hetero) is 1. The summed E-state index contributed by atoms with van der Waals surface area (Å²) in [6.07, 6.45) is 11.1. The number of ketones is 2. The summed E-state index contributed by atoms with van der Waals surface area (Å²) in [4.78, 5) is 24.1. The van der Waals surface area contributed by atoms with Crippen molar-refractivity contribution in [2.24, 2.45) is 34.5 Å². The van der Waals surface area contributed by atoms with E-state index < -0.39 is 0 Å². The zero-order valence-corrected chi connectivity index (χ0v) is 14.9. The molecule has 0 aromatic heterocycles. The van der Waals surface area contributed by atoms with E-state index in [1.807, 2.05) is 0 Å². The van der Waals surface area contributed by atoms with Crippen LogP contribution < -0.4 is 0 Å². The molecule has 0 aromatic rings. The lowest BCUT2D eigenvalue weighted by atomic mass is 9.48. The zero-order valence-electron chi connectivity index (χ0n) is 14.9. The fraction of sp³-hybridized carbons (Fsp3) is 0.714.